The molecule has 1 aliphatic heterocycles. The maximum atomic E-state index is 12.6. The molecule has 5 nitrogen and oxygen atoms in total. The van der Waals surface area contributed by atoms with E-state index >= 15 is 0 Å². The van der Waals surface area contributed by atoms with Crippen LogP contribution >= 0.6 is 0 Å². The number of nitrogens with two attached hydrogens (primary N) is 1. The SMILES string of the molecule is Cn1c(=O)n(N2CCCCC2)c2cccc(C#CCN)c21. The summed E-state index contributed by atoms with van der Waals surface area (Å²) in [5.74, 6) is 5.94. The zero-order chi connectivity index (χ0) is 14.8. The van der Waals surface area contributed by atoms with Crippen LogP contribution in [0.5, 0.6) is 0 Å². The molecule has 1 aliphatic rings. The van der Waals surface area contributed by atoms with Crippen molar-refractivity contribution in [3.05, 3.63) is 34.2 Å². The summed E-state index contributed by atoms with van der Waals surface area (Å²) in [4.78, 5) is 12.6. The van der Waals surface area contributed by atoms with Gasteiger partial charge in [0.05, 0.1) is 23.1 Å². The molecule has 3 rings (SSSR count). The fourth-order valence-electron chi connectivity index (χ4n) is 2.99. The number of para-hydroxylation sites is 1. The second-order valence-electron chi connectivity index (χ2n) is 5.35. The Balaban J connectivity index is 2.22. The summed E-state index contributed by atoms with van der Waals surface area (Å²) in [5, 5.41) is 2.15. The molecule has 0 atom stereocenters. The van der Waals surface area contributed by atoms with Crippen LogP contribution in [0.3, 0.4) is 0 Å². The summed E-state index contributed by atoms with van der Waals surface area (Å²) in [6.45, 7) is 2.17. The molecule has 0 spiro atoms. The molecule has 110 valence electrons. The third-order valence-corrected chi connectivity index (χ3v) is 3.99. The molecule has 2 heterocycles. The van der Waals surface area contributed by atoms with Crippen LogP contribution in [0.25, 0.3) is 11.0 Å². The predicted molar refractivity (Wildman–Crippen MR) is 84.9 cm³/mol. The topological polar surface area (TPSA) is 56.2 Å². The van der Waals surface area contributed by atoms with Crippen LogP contribution in [0.1, 0.15) is 24.8 Å². The van der Waals surface area contributed by atoms with Crippen LogP contribution in [-0.2, 0) is 7.05 Å². The summed E-state index contributed by atoms with van der Waals surface area (Å²) in [5.41, 5.74) is 8.11. The summed E-state index contributed by atoms with van der Waals surface area (Å²) >= 11 is 0. The largest absolute Gasteiger partial charge is 0.347 e. The predicted octanol–water partition coefficient (Wildman–Crippen LogP) is 0.772. The molecule has 1 fully saturated rings. The highest BCUT2D eigenvalue weighted by molar-refractivity contribution is 5.83. The molecule has 21 heavy (non-hydrogen) atoms. The van der Waals surface area contributed by atoms with Gasteiger partial charge in [-0.15, -0.1) is 0 Å². The lowest BCUT2D eigenvalue weighted by molar-refractivity contribution is 0.474. The number of hydrogen-bond donors (Lipinski definition) is 1. The van der Waals surface area contributed by atoms with Crippen molar-refractivity contribution in [2.24, 2.45) is 12.8 Å². The third-order valence-electron chi connectivity index (χ3n) is 3.99. The fraction of sp³-hybridized carbons (Fsp3) is 0.438. The molecule has 0 bridgehead atoms. The van der Waals surface area contributed by atoms with E-state index in [1.54, 1.807) is 11.6 Å². The minimum Gasteiger partial charge on any atom is -0.320 e. The molecule has 2 aromatic rings. The number of fused-ring (bicyclic) bond motifs is 1. The number of rotatable bonds is 1. The first kappa shape index (κ1) is 13.8. The minimum absolute atomic E-state index is 0.00565. The molecule has 5 heteroatoms. The van der Waals surface area contributed by atoms with Crippen LogP contribution < -0.4 is 16.4 Å². The Labute approximate surface area is 123 Å². The number of imidazole rings is 1. The Morgan fingerprint density at radius 2 is 2.00 bits per heavy atom. The van der Waals surface area contributed by atoms with E-state index in [1.165, 1.54) is 6.42 Å². The molecule has 0 radical (unpaired) electrons. The van der Waals surface area contributed by atoms with E-state index in [9.17, 15) is 4.79 Å². The molecule has 0 unspecified atom stereocenters. The molecule has 0 saturated carbocycles. The van der Waals surface area contributed by atoms with Crippen LogP contribution in [0.15, 0.2) is 23.0 Å². The molecular weight excluding hydrogens is 264 g/mol. The Kier molecular flexibility index (Phi) is 3.72. The van der Waals surface area contributed by atoms with Crippen LogP contribution in [0, 0.1) is 11.8 Å². The van der Waals surface area contributed by atoms with Gasteiger partial charge < -0.3 is 10.7 Å². The van der Waals surface area contributed by atoms with Gasteiger partial charge in [0, 0.05) is 20.1 Å². The van der Waals surface area contributed by atoms with Gasteiger partial charge in [-0.25, -0.2) is 9.47 Å². The van der Waals surface area contributed by atoms with Gasteiger partial charge in [-0.3, -0.25) is 4.57 Å². The van der Waals surface area contributed by atoms with Gasteiger partial charge in [0.2, 0.25) is 0 Å². The van der Waals surface area contributed by atoms with E-state index in [0.717, 1.165) is 42.5 Å². The van der Waals surface area contributed by atoms with Crippen LogP contribution in [0.2, 0.25) is 0 Å². The average Bonchev–Trinajstić information content (AvgIpc) is 2.78. The van der Waals surface area contributed by atoms with Gasteiger partial charge >= 0.3 is 5.69 Å². The van der Waals surface area contributed by atoms with Gasteiger partial charge in [-0.1, -0.05) is 17.9 Å². The lowest BCUT2D eigenvalue weighted by atomic mass is 10.1. The van der Waals surface area contributed by atoms with Crippen molar-refractivity contribution in [1.29, 1.82) is 0 Å². The number of nitrogens with zero attached hydrogens (tertiary/aromatic N) is 3. The second kappa shape index (κ2) is 5.66. The van der Waals surface area contributed by atoms with Crippen molar-refractivity contribution in [2.45, 2.75) is 19.3 Å². The smallest absolute Gasteiger partial charge is 0.320 e. The third kappa shape index (κ3) is 2.32. The lowest BCUT2D eigenvalue weighted by Crippen LogP contribution is -2.45. The fourth-order valence-corrected chi connectivity index (χ4v) is 2.99. The Bertz CT molecular complexity index is 769. The highest BCUT2D eigenvalue weighted by Gasteiger charge is 2.19. The summed E-state index contributed by atoms with van der Waals surface area (Å²) in [6.07, 6.45) is 3.51. The number of hydrogen-bond acceptors (Lipinski definition) is 3. The number of benzene rings is 1. The lowest BCUT2D eigenvalue weighted by Gasteiger charge is -2.29. The van der Waals surface area contributed by atoms with Gasteiger partial charge in [-0.05, 0) is 31.4 Å². The maximum Gasteiger partial charge on any atom is 0.347 e. The summed E-state index contributed by atoms with van der Waals surface area (Å²) < 4.78 is 3.49. The van der Waals surface area contributed by atoms with Crippen LogP contribution in [0.4, 0.5) is 0 Å². The molecular formula is C16H20N4O. The first-order valence-electron chi connectivity index (χ1n) is 7.38. The van der Waals surface area contributed by atoms with E-state index in [4.69, 9.17) is 5.73 Å². The molecule has 1 aromatic heterocycles. The highest BCUT2D eigenvalue weighted by Crippen LogP contribution is 2.18. The monoisotopic (exact) mass is 284 g/mol. The second-order valence-corrected chi connectivity index (χ2v) is 5.35. The molecule has 2 N–H and O–H groups in total. The molecule has 1 saturated heterocycles. The molecule has 0 aliphatic carbocycles. The van der Waals surface area contributed by atoms with Gasteiger partial charge in [0.1, 0.15) is 0 Å². The molecule has 1 aromatic carbocycles. The van der Waals surface area contributed by atoms with E-state index < -0.39 is 0 Å². The van der Waals surface area contributed by atoms with E-state index in [0.29, 0.717) is 6.54 Å². The standard InChI is InChI=1S/C16H20N4O/c1-18-15-13(8-6-10-17)7-5-9-14(15)20(16(18)21)19-11-3-2-4-12-19/h5,7,9H,2-4,10-12,17H2,1H3. The van der Waals surface area contributed by atoms with Crippen molar-refractivity contribution in [1.82, 2.24) is 9.24 Å². The number of aryl methyl sites for hydroxylation is 1. The van der Waals surface area contributed by atoms with Crippen molar-refractivity contribution < 1.29 is 0 Å². The van der Waals surface area contributed by atoms with Crippen molar-refractivity contribution in [3.8, 4) is 11.8 Å². The Morgan fingerprint density at radius 1 is 1.24 bits per heavy atom. The first-order chi connectivity index (χ1) is 10.2. The van der Waals surface area contributed by atoms with Crippen molar-refractivity contribution in [2.75, 3.05) is 24.6 Å². The quantitative estimate of drug-likeness (QED) is 0.787. The number of piperidine rings is 1. The molecule has 0 amide bonds. The van der Waals surface area contributed by atoms with Gasteiger partial charge in [0.25, 0.3) is 0 Å². The first-order valence-corrected chi connectivity index (χ1v) is 7.38. The van der Waals surface area contributed by atoms with Crippen LogP contribution in [-0.4, -0.2) is 28.9 Å². The Hall–Kier alpha value is -2.19. The summed E-state index contributed by atoms with van der Waals surface area (Å²) in [6, 6.07) is 5.87. The van der Waals surface area contributed by atoms with E-state index in [2.05, 4.69) is 16.8 Å². The van der Waals surface area contributed by atoms with Gasteiger partial charge in [0.15, 0.2) is 0 Å². The van der Waals surface area contributed by atoms with Crippen molar-refractivity contribution in [3.63, 3.8) is 0 Å². The van der Waals surface area contributed by atoms with E-state index in [1.807, 2.05) is 22.9 Å². The normalized spacial score (nSPS) is 15.0. The minimum atomic E-state index is -0.00565. The Morgan fingerprint density at radius 3 is 2.71 bits per heavy atom. The zero-order valence-corrected chi connectivity index (χ0v) is 12.3. The van der Waals surface area contributed by atoms with Gasteiger partial charge in [-0.2, -0.15) is 0 Å². The zero-order valence-electron chi connectivity index (χ0n) is 12.3. The number of aromatic nitrogens is 2. The van der Waals surface area contributed by atoms with Crippen molar-refractivity contribution >= 4 is 11.0 Å². The van der Waals surface area contributed by atoms with E-state index in [-0.39, 0.29) is 5.69 Å². The summed E-state index contributed by atoms with van der Waals surface area (Å²) in [7, 11) is 1.80. The highest BCUT2D eigenvalue weighted by atomic mass is 16.2. The average molecular weight is 284 g/mol. The maximum absolute atomic E-state index is 12.6.